The monoisotopic (exact) mass is 279 g/mol. The number of para-hydroxylation sites is 1. The van der Waals surface area contributed by atoms with E-state index in [0.29, 0.717) is 19.6 Å². The predicted octanol–water partition coefficient (Wildman–Crippen LogP) is 0.392. The fourth-order valence-corrected chi connectivity index (χ4v) is 1.85. The Balaban J connectivity index is 1.98. The van der Waals surface area contributed by atoms with Gasteiger partial charge in [0.25, 0.3) is 11.6 Å². The first-order chi connectivity index (χ1) is 9.59. The van der Waals surface area contributed by atoms with Crippen molar-refractivity contribution < 1.29 is 19.2 Å². The van der Waals surface area contributed by atoms with E-state index in [9.17, 15) is 19.7 Å². The lowest BCUT2D eigenvalue weighted by Crippen LogP contribution is -2.44. The zero-order valence-corrected chi connectivity index (χ0v) is 10.5. The maximum absolute atomic E-state index is 11.8. The summed E-state index contributed by atoms with van der Waals surface area (Å²) >= 11 is 0. The predicted molar refractivity (Wildman–Crippen MR) is 67.6 cm³/mol. The van der Waals surface area contributed by atoms with Gasteiger partial charge in [-0.25, -0.2) is 0 Å². The van der Waals surface area contributed by atoms with E-state index >= 15 is 0 Å². The Hall–Kier alpha value is -2.48. The summed E-state index contributed by atoms with van der Waals surface area (Å²) in [5.74, 6) is -1.40. The number of ether oxygens (including phenoxy) is 1. The van der Waals surface area contributed by atoms with Crippen molar-refractivity contribution in [2.75, 3.05) is 13.2 Å². The normalized spacial score (nSPS) is 17.5. The maximum Gasteiger partial charge on any atom is 0.282 e. The van der Waals surface area contributed by atoms with E-state index in [1.54, 1.807) is 0 Å². The quantitative estimate of drug-likeness (QED) is 0.614. The molecule has 1 unspecified atom stereocenters. The van der Waals surface area contributed by atoms with Crippen LogP contribution in [-0.4, -0.2) is 30.0 Å². The minimum Gasteiger partial charge on any atom is -0.381 e. The van der Waals surface area contributed by atoms with Crippen LogP contribution in [0.25, 0.3) is 0 Å². The third-order valence-corrected chi connectivity index (χ3v) is 2.95. The van der Waals surface area contributed by atoms with Gasteiger partial charge in [-0.3, -0.25) is 30.6 Å². The largest absolute Gasteiger partial charge is 0.381 e. The van der Waals surface area contributed by atoms with Gasteiger partial charge in [0, 0.05) is 12.7 Å². The number of nitrogens with one attached hydrogen (secondary N) is 2. The third-order valence-electron chi connectivity index (χ3n) is 2.95. The molecule has 1 aliphatic heterocycles. The molecule has 1 fully saturated rings. The number of hydrogen-bond donors (Lipinski definition) is 2. The van der Waals surface area contributed by atoms with E-state index in [1.165, 1.54) is 24.3 Å². The Labute approximate surface area is 114 Å². The Morgan fingerprint density at radius 2 is 2.05 bits per heavy atom. The molecular formula is C12H13N3O5. The highest BCUT2D eigenvalue weighted by Crippen LogP contribution is 2.17. The summed E-state index contributed by atoms with van der Waals surface area (Å²) in [6.45, 7) is 0.823. The molecule has 0 bridgehead atoms. The molecule has 8 nitrogen and oxygen atoms in total. The van der Waals surface area contributed by atoms with Gasteiger partial charge in [-0.1, -0.05) is 12.1 Å². The van der Waals surface area contributed by atoms with Crippen LogP contribution < -0.4 is 10.9 Å². The van der Waals surface area contributed by atoms with Crippen molar-refractivity contribution in [1.82, 2.24) is 10.9 Å². The molecule has 8 heteroatoms. The number of benzene rings is 1. The SMILES string of the molecule is O=C(NNC(=O)C1CCOC1)c1ccccc1[N+](=O)[O-]. The average Bonchev–Trinajstić information content (AvgIpc) is 2.98. The summed E-state index contributed by atoms with van der Waals surface area (Å²) in [4.78, 5) is 33.6. The summed E-state index contributed by atoms with van der Waals surface area (Å²) in [6, 6.07) is 5.51. The fourth-order valence-electron chi connectivity index (χ4n) is 1.85. The van der Waals surface area contributed by atoms with Crippen LogP contribution >= 0.6 is 0 Å². The molecule has 1 atom stereocenters. The Kier molecular flexibility index (Phi) is 4.26. The van der Waals surface area contributed by atoms with Gasteiger partial charge in [0.2, 0.25) is 5.91 Å². The van der Waals surface area contributed by atoms with Crippen LogP contribution in [0.2, 0.25) is 0 Å². The second kappa shape index (κ2) is 6.11. The van der Waals surface area contributed by atoms with E-state index in [1.807, 2.05) is 0 Å². The van der Waals surface area contributed by atoms with Crippen molar-refractivity contribution in [2.24, 2.45) is 5.92 Å². The van der Waals surface area contributed by atoms with E-state index in [0.717, 1.165) is 0 Å². The molecule has 2 rings (SSSR count). The standard InChI is InChI=1S/C12H13N3O5/c16-11(8-5-6-20-7-8)13-14-12(17)9-3-1-2-4-10(9)15(18)19/h1-4,8H,5-7H2,(H,13,16)(H,14,17). The molecule has 0 radical (unpaired) electrons. The lowest BCUT2D eigenvalue weighted by atomic mass is 10.1. The molecule has 1 heterocycles. The number of nitro groups is 1. The second-order valence-electron chi connectivity index (χ2n) is 4.28. The first-order valence-corrected chi connectivity index (χ1v) is 6.01. The molecule has 1 aromatic carbocycles. The van der Waals surface area contributed by atoms with Crippen molar-refractivity contribution in [3.63, 3.8) is 0 Å². The molecular weight excluding hydrogens is 266 g/mol. The van der Waals surface area contributed by atoms with Crippen LogP contribution in [0.5, 0.6) is 0 Å². The molecule has 0 aliphatic carbocycles. The maximum atomic E-state index is 11.8. The molecule has 2 amide bonds. The Morgan fingerprint density at radius 3 is 2.70 bits per heavy atom. The van der Waals surface area contributed by atoms with Gasteiger partial charge in [-0.2, -0.15) is 0 Å². The average molecular weight is 279 g/mol. The number of nitrogens with zero attached hydrogens (tertiary/aromatic N) is 1. The van der Waals surface area contributed by atoms with Crippen molar-refractivity contribution in [1.29, 1.82) is 0 Å². The molecule has 106 valence electrons. The fraction of sp³-hybridized carbons (Fsp3) is 0.333. The number of rotatable bonds is 3. The van der Waals surface area contributed by atoms with Gasteiger partial charge in [0.1, 0.15) is 5.56 Å². The number of nitro benzene ring substituents is 1. The van der Waals surface area contributed by atoms with Crippen molar-refractivity contribution in [2.45, 2.75) is 6.42 Å². The van der Waals surface area contributed by atoms with Gasteiger partial charge in [-0.15, -0.1) is 0 Å². The first-order valence-electron chi connectivity index (χ1n) is 6.01. The van der Waals surface area contributed by atoms with Gasteiger partial charge in [0.15, 0.2) is 0 Å². The van der Waals surface area contributed by atoms with Crippen molar-refractivity contribution in [3.05, 3.63) is 39.9 Å². The summed E-state index contributed by atoms with van der Waals surface area (Å²) in [7, 11) is 0. The summed E-state index contributed by atoms with van der Waals surface area (Å²) < 4.78 is 5.06. The van der Waals surface area contributed by atoms with Gasteiger partial charge >= 0.3 is 0 Å². The molecule has 20 heavy (non-hydrogen) atoms. The smallest absolute Gasteiger partial charge is 0.282 e. The lowest BCUT2D eigenvalue weighted by molar-refractivity contribution is -0.385. The van der Waals surface area contributed by atoms with Crippen LogP contribution in [0.1, 0.15) is 16.8 Å². The topological polar surface area (TPSA) is 111 Å². The number of hydrogen-bond acceptors (Lipinski definition) is 5. The zero-order chi connectivity index (χ0) is 14.5. The molecule has 1 aliphatic rings. The molecule has 2 N–H and O–H groups in total. The highest BCUT2D eigenvalue weighted by molar-refractivity contribution is 5.99. The van der Waals surface area contributed by atoms with Gasteiger partial charge in [0.05, 0.1) is 17.4 Å². The number of carbonyl (C=O) groups excluding carboxylic acids is 2. The summed E-state index contributed by atoms with van der Waals surface area (Å²) in [5, 5.41) is 10.8. The van der Waals surface area contributed by atoms with E-state index in [4.69, 9.17) is 4.74 Å². The number of hydrazine groups is 1. The van der Waals surface area contributed by atoms with Gasteiger partial charge in [-0.05, 0) is 12.5 Å². The minimum absolute atomic E-state index is 0.111. The van der Waals surface area contributed by atoms with Crippen molar-refractivity contribution >= 4 is 17.5 Å². The van der Waals surface area contributed by atoms with Crippen LogP contribution in [0.3, 0.4) is 0 Å². The van der Waals surface area contributed by atoms with E-state index in [-0.39, 0.29) is 23.1 Å². The van der Waals surface area contributed by atoms with Crippen LogP contribution in [0.4, 0.5) is 5.69 Å². The Morgan fingerprint density at radius 1 is 1.30 bits per heavy atom. The Bertz CT molecular complexity index is 540. The van der Waals surface area contributed by atoms with Crippen LogP contribution in [0.15, 0.2) is 24.3 Å². The summed E-state index contributed by atoms with van der Waals surface area (Å²) in [6.07, 6.45) is 0.590. The van der Waals surface area contributed by atoms with E-state index in [2.05, 4.69) is 10.9 Å². The number of carbonyl (C=O) groups is 2. The van der Waals surface area contributed by atoms with E-state index < -0.39 is 10.8 Å². The summed E-state index contributed by atoms with van der Waals surface area (Å²) in [5.41, 5.74) is 3.99. The second-order valence-corrected chi connectivity index (χ2v) is 4.28. The van der Waals surface area contributed by atoms with Crippen molar-refractivity contribution in [3.8, 4) is 0 Å². The lowest BCUT2D eigenvalue weighted by Gasteiger charge is -2.10. The molecule has 0 aromatic heterocycles. The number of amides is 2. The minimum atomic E-state index is -0.732. The first kappa shape index (κ1) is 13.9. The molecule has 1 aromatic rings. The highest BCUT2D eigenvalue weighted by Gasteiger charge is 2.25. The molecule has 0 saturated carbocycles. The van der Waals surface area contributed by atoms with Crippen LogP contribution in [0, 0.1) is 16.0 Å². The highest BCUT2D eigenvalue weighted by atomic mass is 16.6. The van der Waals surface area contributed by atoms with Crippen LogP contribution in [-0.2, 0) is 9.53 Å². The van der Waals surface area contributed by atoms with Gasteiger partial charge < -0.3 is 4.74 Å². The zero-order valence-electron chi connectivity index (χ0n) is 10.5. The molecule has 1 saturated heterocycles. The third kappa shape index (κ3) is 3.09. The molecule has 0 spiro atoms.